The maximum absolute atomic E-state index is 5.91. The van der Waals surface area contributed by atoms with Gasteiger partial charge in [-0.15, -0.1) is 0 Å². The molecule has 2 rings (SSSR count). The van der Waals surface area contributed by atoms with Gasteiger partial charge in [0.25, 0.3) is 0 Å². The molecule has 0 saturated carbocycles. The number of aromatic nitrogens is 1. The Morgan fingerprint density at radius 1 is 1.33 bits per heavy atom. The Kier molecular flexibility index (Phi) is 5.22. The number of rotatable bonds is 7. The van der Waals surface area contributed by atoms with Crippen LogP contribution in [0, 0.1) is 6.92 Å². The Morgan fingerprint density at radius 2 is 2.14 bits per heavy atom. The number of benzene rings is 1. The zero-order chi connectivity index (χ0) is 15.2. The zero-order valence-corrected chi connectivity index (χ0v) is 12.8. The smallest absolute Gasteiger partial charge is 0.174 e. The van der Waals surface area contributed by atoms with Crippen molar-refractivity contribution >= 4 is 0 Å². The Labute approximate surface area is 125 Å². The van der Waals surface area contributed by atoms with Crippen LogP contribution in [0.1, 0.15) is 30.9 Å². The van der Waals surface area contributed by atoms with E-state index in [0.29, 0.717) is 19.0 Å². The van der Waals surface area contributed by atoms with Gasteiger partial charge in [0.15, 0.2) is 17.3 Å². The van der Waals surface area contributed by atoms with Crippen molar-refractivity contribution in [2.45, 2.75) is 39.8 Å². The Balaban J connectivity index is 2.20. The van der Waals surface area contributed by atoms with Gasteiger partial charge in [0.2, 0.25) is 0 Å². The average molecular weight is 290 g/mol. The number of hydrogen-bond acceptors (Lipinski definition) is 5. The third-order valence-corrected chi connectivity index (χ3v) is 2.94. The molecule has 0 aliphatic rings. The predicted molar refractivity (Wildman–Crippen MR) is 80.5 cm³/mol. The minimum atomic E-state index is 0.0525. The molecule has 114 valence electrons. The van der Waals surface area contributed by atoms with E-state index in [1.165, 1.54) is 0 Å². The van der Waals surface area contributed by atoms with Crippen LogP contribution in [0.3, 0.4) is 0 Å². The van der Waals surface area contributed by atoms with Gasteiger partial charge in [0.05, 0.1) is 12.3 Å². The van der Waals surface area contributed by atoms with Crippen molar-refractivity contribution in [2.24, 2.45) is 5.73 Å². The van der Waals surface area contributed by atoms with E-state index in [2.05, 4.69) is 5.16 Å². The number of aryl methyl sites for hydroxylation is 1. The summed E-state index contributed by atoms with van der Waals surface area (Å²) in [6, 6.07) is 7.77. The number of nitrogens with zero attached hydrogens (tertiary/aromatic N) is 1. The first-order valence-electron chi connectivity index (χ1n) is 7.15. The number of hydrogen-bond donors (Lipinski definition) is 1. The van der Waals surface area contributed by atoms with Crippen molar-refractivity contribution in [3.8, 4) is 11.5 Å². The minimum Gasteiger partial charge on any atom is -0.490 e. The molecule has 5 nitrogen and oxygen atoms in total. The standard InChI is InChI=1S/C16H22N2O3/c1-4-19-15-7-5-6-13(8-11(2)17)16(15)20-10-14-9-12(3)18-21-14/h5-7,9,11H,4,8,10,17H2,1-3H3. The van der Waals surface area contributed by atoms with E-state index in [-0.39, 0.29) is 6.04 Å². The molecule has 2 aromatic rings. The van der Waals surface area contributed by atoms with E-state index in [0.717, 1.165) is 29.2 Å². The van der Waals surface area contributed by atoms with Crippen LogP contribution in [-0.4, -0.2) is 17.8 Å². The normalized spacial score (nSPS) is 12.2. The van der Waals surface area contributed by atoms with E-state index in [1.54, 1.807) is 0 Å². The predicted octanol–water partition coefficient (Wildman–Crippen LogP) is 2.85. The van der Waals surface area contributed by atoms with Gasteiger partial charge in [0, 0.05) is 12.1 Å². The molecule has 0 spiro atoms. The van der Waals surface area contributed by atoms with Crippen LogP contribution in [0.5, 0.6) is 11.5 Å². The van der Waals surface area contributed by atoms with Crippen molar-refractivity contribution in [2.75, 3.05) is 6.61 Å². The van der Waals surface area contributed by atoms with Gasteiger partial charge in [-0.2, -0.15) is 0 Å². The Hall–Kier alpha value is -2.01. The summed E-state index contributed by atoms with van der Waals surface area (Å²) in [6.45, 7) is 6.69. The summed E-state index contributed by atoms with van der Waals surface area (Å²) in [6.07, 6.45) is 0.728. The lowest BCUT2D eigenvalue weighted by Crippen LogP contribution is -2.18. The van der Waals surface area contributed by atoms with Crippen LogP contribution in [0.15, 0.2) is 28.8 Å². The van der Waals surface area contributed by atoms with Crippen LogP contribution in [0.2, 0.25) is 0 Å². The summed E-state index contributed by atoms with van der Waals surface area (Å²) in [5.41, 5.74) is 7.77. The second-order valence-corrected chi connectivity index (χ2v) is 5.08. The molecular formula is C16H22N2O3. The van der Waals surface area contributed by atoms with E-state index >= 15 is 0 Å². The highest BCUT2D eigenvalue weighted by Gasteiger charge is 2.13. The summed E-state index contributed by atoms with van der Waals surface area (Å²) in [7, 11) is 0. The maximum atomic E-state index is 5.91. The summed E-state index contributed by atoms with van der Waals surface area (Å²) in [5.74, 6) is 2.14. The van der Waals surface area contributed by atoms with Crippen molar-refractivity contribution in [1.82, 2.24) is 5.16 Å². The molecule has 1 aromatic carbocycles. The topological polar surface area (TPSA) is 70.5 Å². The number of ether oxygens (including phenoxy) is 2. The second kappa shape index (κ2) is 7.13. The van der Waals surface area contributed by atoms with Gasteiger partial charge in [-0.05, 0) is 38.8 Å². The molecule has 5 heteroatoms. The van der Waals surface area contributed by atoms with E-state index in [4.69, 9.17) is 19.7 Å². The van der Waals surface area contributed by atoms with Crippen LogP contribution in [-0.2, 0) is 13.0 Å². The molecular weight excluding hydrogens is 268 g/mol. The monoisotopic (exact) mass is 290 g/mol. The van der Waals surface area contributed by atoms with Crippen molar-refractivity contribution in [1.29, 1.82) is 0 Å². The molecule has 1 atom stereocenters. The third-order valence-electron chi connectivity index (χ3n) is 2.94. The largest absolute Gasteiger partial charge is 0.490 e. The van der Waals surface area contributed by atoms with Crippen LogP contribution in [0.4, 0.5) is 0 Å². The van der Waals surface area contributed by atoms with Gasteiger partial charge in [0.1, 0.15) is 6.61 Å². The SMILES string of the molecule is CCOc1cccc(CC(C)N)c1OCc1cc(C)no1. The van der Waals surface area contributed by atoms with Gasteiger partial charge >= 0.3 is 0 Å². The summed E-state index contributed by atoms with van der Waals surface area (Å²) in [4.78, 5) is 0. The highest BCUT2D eigenvalue weighted by Crippen LogP contribution is 2.32. The summed E-state index contributed by atoms with van der Waals surface area (Å²) in [5, 5.41) is 3.85. The summed E-state index contributed by atoms with van der Waals surface area (Å²) >= 11 is 0. The molecule has 1 aromatic heterocycles. The van der Waals surface area contributed by atoms with Crippen molar-refractivity contribution in [3.63, 3.8) is 0 Å². The highest BCUT2D eigenvalue weighted by molar-refractivity contribution is 5.47. The number of nitrogens with two attached hydrogens (primary N) is 1. The Morgan fingerprint density at radius 3 is 2.76 bits per heavy atom. The fourth-order valence-corrected chi connectivity index (χ4v) is 2.13. The fourth-order valence-electron chi connectivity index (χ4n) is 2.13. The summed E-state index contributed by atoms with van der Waals surface area (Å²) < 4.78 is 16.7. The van der Waals surface area contributed by atoms with Gasteiger partial charge in [-0.1, -0.05) is 17.3 Å². The lowest BCUT2D eigenvalue weighted by molar-refractivity contribution is 0.231. The minimum absolute atomic E-state index is 0.0525. The number of para-hydroxylation sites is 1. The molecule has 0 saturated heterocycles. The first-order chi connectivity index (χ1) is 10.1. The maximum Gasteiger partial charge on any atom is 0.174 e. The van der Waals surface area contributed by atoms with Crippen LogP contribution >= 0.6 is 0 Å². The first kappa shape index (κ1) is 15.4. The van der Waals surface area contributed by atoms with Crippen molar-refractivity contribution < 1.29 is 14.0 Å². The van der Waals surface area contributed by atoms with Gasteiger partial charge in [-0.25, -0.2) is 0 Å². The fraction of sp³-hybridized carbons (Fsp3) is 0.438. The molecule has 21 heavy (non-hydrogen) atoms. The average Bonchev–Trinajstić information content (AvgIpc) is 2.83. The quantitative estimate of drug-likeness (QED) is 0.849. The second-order valence-electron chi connectivity index (χ2n) is 5.08. The van der Waals surface area contributed by atoms with Gasteiger partial charge in [-0.3, -0.25) is 0 Å². The lowest BCUT2D eigenvalue weighted by atomic mass is 10.1. The molecule has 1 heterocycles. The molecule has 2 N–H and O–H groups in total. The van der Waals surface area contributed by atoms with Crippen molar-refractivity contribution in [3.05, 3.63) is 41.3 Å². The third kappa shape index (κ3) is 4.23. The van der Waals surface area contributed by atoms with Gasteiger partial charge < -0.3 is 19.7 Å². The highest BCUT2D eigenvalue weighted by atomic mass is 16.5. The first-order valence-corrected chi connectivity index (χ1v) is 7.15. The molecule has 0 fully saturated rings. The van der Waals surface area contributed by atoms with E-state index in [1.807, 2.05) is 45.0 Å². The van der Waals surface area contributed by atoms with E-state index in [9.17, 15) is 0 Å². The Bertz CT molecular complexity index is 579. The van der Waals surface area contributed by atoms with Crippen LogP contribution in [0.25, 0.3) is 0 Å². The zero-order valence-electron chi connectivity index (χ0n) is 12.8. The molecule has 0 amide bonds. The molecule has 0 bridgehead atoms. The molecule has 0 radical (unpaired) electrons. The van der Waals surface area contributed by atoms with E-state index < -0.39 is 0 Å². The van der Waals surface area contributed by atoms with Crippen LogP contribution < -0.4 is 15.2 Å². The molecule has 0 aliphatic carbocycles. The molecule has 1 unspecified atom stereocenters. The lowest BCUT2D eigenvalue weighted by Gasteiger charge is -2.16. The molecule has 0 aliphatic heterocycles.